The van der Waals surface area contributed by atoms with Gasteiger partial charge in [0.05, 0.1) is 53.4 Å². The van der Waals surface area contributed by atoms with E-state index in [2.05, 4.69) is 55.6 Å². The molecule has 0 N–H and O–H groups in total. The van der Waals surface area contributed by atoms with Crippen LogP contribution >= 0.6 is 0 Å². The molecule has 0 spiro atoms. The summed E-state index contributed by atoms with van der Waals surface area (Å²) in [6.45, 7) is 22.4. The molecule has 4 heteroatoms. The summed E-state index contributed by atoms with van der Waals surface area (Å²) in [5.74, 6) is 0. The Morgan fingerprint density at radius 3 is 0.444 bits per heavy atom. The van der Waals surface area contributed by atoms with Crippen molar-refractivity contribution < 1.29 is 38.4 Å². The maximum Gasteiger partial charge on any atom is 0.0784 e. The Balaban J connectivity index is -0.000000446. The number of rotatable bonds is 42. The first kappa shape index (κ1) is 61.4. The molecule has 0 atom stereocenters. The Morgan fingerprint density at radius 2 is 0.315 bits per heavy atom. The van der Waals surface area contributed by atoms with Crippen molar-refractivity contribution >= 4 is 0 Å². The number of hydrogen-bond acceptors (Lipinski definition) is 0. The van der Waals surface area contributed by atoms with E-state index in [0.717, 1.165) is 0 Å². The standard InChI is InChI=1S/2C25H54N.BrH.ClH/c2*1-5-8-11-14-17-20-23-26(4,24-21-18-15-12-9-6-2)25-22-19-16-13-10-7-3;;/h2*5-25H2,1-4H3;2*1H/q2*+1;;/p-2. The van der Waals surface area contributed by atoms with Crippen molar-refractivity contribution in [3.8, 4) is 0 Å². The van der Waals surface area contributed by atoms with Gasteiger partial charge in [-0.2, -0.15) is 0 Å². The molecule has 0 rings (SSSR count). The molecule has 0 aromatic rings. The van der Waals surface area contributed by atoms with Gasteiger partial charge in [-0.15, -0.1) is 0 Å². The van der Waals surface area contributed by atoms with E-state index in [9.17, 15) is 0 Å². The summed E-state index contributed by atoms with van der Waals surface area (Å²) in [5.41, 5.74) is 0. The van der Waals surface area contributed by atoms with Crippen molar-refractivity contribution in [3.05, 3.63) is 0 Å². The number of nitrogens with zero attached hydrogens (tertiary/aromatic N) is 2. The van der Waals surface area contributed by atoms with Crippen LogP contribution in [0.2, 0.25) is 0 Å². The van der Waals surface area contributed by atoms with Crippen molar-refractivity contribution in [1.82, 2.24) is 0 Å². The van der Waals surface area contributed by atoms with Gasteiger partial charge in [0, 0.05) is 0 Å². The van der Waals surface area contributed by atoms with Crippen LogP contribution < -0.4 is 29.4 Å². The highest BCUT2D eigenvalue weighted by Crippen LogP contribution is 2.18. The summed E-state index contributed by atoms with van der Waals surface area (Å²) < 4.78 is 2.71. The van der Waals surface area contributed by atoms with Crippen LogP contribution in [-0.2, 0) is 0 Å². The van der Waals surface area contributed by atoms with Gasteiger partial charge in [-0.1, -0.05) is 196 Å². The van der Waals surface area contributed by atoms with Gasteiger partial charge in [0.25, 0.3) is 0 Å². The molecule has 0 aliphatic heterocycles. The zero-order valence-electron chi connectivity index (χ0n) is 39.3. The maximum absolute atomic E-state index is 2.56. The normalized spacial score (nSPS) is 11.6. The smallest absolute Gasteiger partial charge is 0.0784 e. The summed E-state index contributed by atoms with van der Waals surface area (Å²) >= 11 is 0. The van der Waals surface area contributed by atoms with Gasteiger partial charge in [-0.25, -0.2) is 0 Å². The highest BCUT2D eigenvalue weighted by molar-refractivity contribution is 4.53. The van der Waals surface area contributed by atoms with Gasteiger partial charge >= 0.3 is 0 Å². The van der Waals surface area contributed by atoms with Crippen molar-refractivity contribution in [2.24, 2.45) is 0 Å². The van der Waals surface area contributed by atoms with E-state index in [1.807, 2.05) is 0 Å². The van der Waals surface area contributed by atoms with Crippen molar-refractivity contribution in [2.45, 2.75) is 273 Å². The average Bonchev–Trinajstić information content (AvgIpc) is 3.14. The molecule has 0 saturated heterocycles. The third kappa shape index (κ3) is 47.1. The molecular weight excluding hydrogens is 744 g/mol. The van der Waals surface area contributed by atoms with Crippen LogP contribution in [0.3, 0.4) is 0 Å². The minimum Gasteiger partial charge on any atom is -1.00 e. The number of hydrogen-bond donors (Lipinski definition) is 0. The molecule has 0 bridgehead atoms. The minimum atomic E-state index is 0. The van der Waals surface area contributed by atoms with E-state index in [-0.39, 0.29) is 29.4 Å². The summed E-state index contributed by atoms with van der Waals surface area (Å²) in [7, 11) is 5.12. The van der Waals surface area contributed by atoms with Gasteiger partial charge in [0.1, 0.15) is 0 Å². The van der Waals surface area contributed by atoms with Crippen LogP contribution in [0, 0.1) is 0 Å². The lowest BCUT2D eigenvalue weighted by Gasteiger charge is -2.35. The Bertz CT molecular complexity index is 509. The van der Waals surface area contributed by atoms with Crippen LogP contribution in [0.25, 0.3) is 0 Å². The predicted molar refractivity (Wildman–Crippen MR) is 242 cm³/mol. The van der Waals surface area contributed by atoms with E-state index in [0.29, 0.717) is 0 Å². The summed E-state index contributed by atoms with van der Waals surface area (Å²) in [5, 5.41) is 0. The third-order valence-corrected chi connectivity index (χ3v) is 12.3. The van der Waals surface area contributed by atoms with Gasteiger partial charge in [-0.05, 0) is 77.0 Å². The highest BCUT2D eigenvalue weighted by atomic mass is 79.9. The summed E-state index contributed by atoms with van der Waals surface area (Å²) in [6, 6.07) is 0. The molecule has 332 valence electrons. The first-order valence-corrected chi connectivity index (χ1v) is 25.0. The zero-order valence-corrected chi connectivity index (χ0v) is 41.7. The maximum atomic E-state index is 2.56. The van der Waals surface area contributed by atoms with E-state index in [4.69, 9.17) is 0 Å². The quantitative estimate of drug-likeness (QED) is 0.0424. The summed E-state index contributed by atoms with van der Waals surface area (Å²) in [6.07, 6.45) is 51.7. The topological polar surface area (TPSA) is 0 Å². The largest absolute Gasteiger partial charge is 1.00 e. The predicted octanol–water partition coefficient (Wildman–Crippen LogP) is 11.0. The molecule has 0 radical (unpaired) electrons. The average molecular weight is 853 g/mol. The Hall–Kier alpha value is 0.690. The van der Waals surface area contributed by atoms with Gasteiger partial charge in [0.15, 0.2) is 0 Å². The van der Waals surface area contributed by atoms with E-state index < -0.39 is 0 Å². The summed E-state index contributed by atoms with van der Waals surface area (Å²) in [4.78, 5) is 0. The van der Waals surface area contributed by atoms with Crippen LogP contribution in [0.5, 0.6) is 0 Å². The lowest BCUT2D eigenvalue weighted by atomic mass is 10.1. The van der Waals surface area contributed by atoms with Crippen molar-refractivity contribution in [1.29, 1.82) is 0 Å². The molecule has 0 aliphatic carbocycles. The second-order valence-corrected chi connectivity index (χ2v) is 18.2. The monoisotopic (exact) mass is 851 g/mol. The number of unbranched alkanes of at least 4 members (excludes halogenated alkanes) is 30. The third-order valence-electron chi connectivity index (χ3n) is 12.3. The fourth-order valence-electron chi connectivity index (χ4n) is 8.31. The lowest BCUT2D eigenvalue weighted by molar-refractivity contribution is -0.910. The van der Waals surface area contributed by atoms with Gasteiger partial charge in [0.2, 0.25) is 0 Å². The molecule has 0 amide bonds. The lowest BCUT2D eigenvalue weighted by Crippen LogP contribution is -3.00. The SMILES string of the molecule is CCCCCCCC[N+](C)(CCCCCCCC)CCCCCCCC.CCCCCCCC[N+](C)(CCCCCCCC)CCCCCCCC.[Br-].[Cl-]. The first-order valence-electron chi connectivity index (χ1n) is 25.0. The molecule has 0 saturated carbocycles. The molecule has 0 unspecified atom stereocenters. The second-order valence-electron chi connectivity index (χ2n) is 18.2. The molecule has 0 aliphatic rings. The molecule has 54 heavy (non-hydrogen) atoms. The van der Waals surface area contributed by atoms with Gasteiger partial charge < -0.3 is 38.4 Å². The number of halogens is 2. The Morgan fingerprint density at radius 1 is 0.204 bits per heavy atom. The molecule has 0 heterocycles. The molecule has 2 nitrogen and oxygen atoms in total. The van der Waals surface area contributed by atoms with Crippen LogP contribution in [-0.4, -0.2) is 62.3 Å². The van der Waals surface area contributed by atoms with Crippen LogP contribution in [0.15, 0.2) is 0 Å². The van der Waals surface area contributed by atoms with Gasteiger partial charge in [-0.3, -0.25) is 0 Å². The van der Waals surface area contributed by atoms with Crippen molar-refractivity contribution in [3.63, 3.8) is 0 Å². The molecule has 0 fully saturated rings. The van der Waals surface area contributed by atoms with Crippen LogP contribution in [0.1, 0.15) is 273 Å². The fourth-order valence-corrected chi connectivity index (χ4v) is 8.31. The Kier molecular flexibility index (Phi) is 56.6. The highest BCUT2D eigenvalue weighted by Gasteiger charge is 2.21. The van der Waals surface area contributed by atoms with E-state index >= 15 is 0 Å². The first-order chi connectivity index (χ1) is 25.4. The molecule has 0 aromatic heterocycles. The zero-order chi connectivity index (χ0) is 38.7. The van der Waals surface area contributed by atoms with E-state index in [1.165, 1.54) is 279 Å². The molecular formula is C50H108BrClN2. The molecule has 0 aromatic carbocycles. The van der Waals surface area contributed by atoms with Crippen LogP contribution in [0.4, 0.5) is 0 Å². The van der Waals surface area contributed by atoms with E-state index in [1.54, 1.807) is 0 Å². The number of quaternary nitrogens is 2. The second kappa shape index (κ2) is 49.8. The Labute approximate surface area is 362 Å². The van der Waals surface area contributed by atoms with Crippen molar-refractivity contribution in [2.75, 3.05) is 53.4 Å². The fraction of sp³-hybridized carbons (Fsp3) is 1.00. The minimum absolute atomic E-state index is 0.